The lowest BCUT2D eigenvalue weighted by Gasteiger charge is -2.28. The highest BCUT2D eigenvalue weighted by Crippen LogP contribution is 2.35. The second-order valence-corrected chi connectivity index (χ2v) is 10.5. The molecule has 2 aromatic rings. The zero-order valence-electron chi connectivity index (χ0n) is 22.2. The molecule has 2 aromatic carbocycles. The minimum atomic E-state index is -0.631. The van der Waals surface area contributed by atoms with Gasteiger partial charge in [0, 0.05) is 6.08 Å². The van der Waals surface area contributed by atoms with Gasteiger partial charge in [0.05, 0.1) is 5.92 Å². The van der Waals surface area contributed by atoms with Crippen LogP contribution in [0.15, 0.2) is 61.2 Å². The van der Waals surface area contributed by atoms with Gasteiger partial charge in [0.15, 0.2) is 6.61 Å². The SMILES string of the molecule is C=CC(=O)OCC(=O)OC1CCC(c2ccc(-c3ccc(OC(=O)C4CCC(CC)CC4)cc3)cc2)CC1. The standard InChI is InChI=1S/C32H38O6/c1-3-22-5-7-27(8-6-22)32(35)38-29-19-15-26(16-20-29)24-11-9-23(10-12-24)25-13-17-28(18-14-25)37-31(34)21-36-30(33)4-2/h4,9-12,15-16,19-20,22,25,27-28H,2-3,5-8,13-14,17-18,21H2,1H3. The summed E-state index contributed by atoms with van der Waals surface area (Å²) in [5, 5.41) is 0. The Bertz CT molecular complexity index is 1090. The van der Waals surface area contributed by atoms with E-state index >= 15 is 0 Å². The molecule has 38 heavy (non-hydrogen) atoms. The Hall–Kier alpha value is -3.41. The number of esters is 3. The Morgan fingerprint density at radius 1 is 0.842 bits per heavy atom. The number of hydrogen-bond acceptors (Lipinski definition) is 6. The summed E-state index contributed by atoms with van der Waals surface area (Å²) in [5.41, 5.74) is 3.47. The predicted molar refractivity (Wildman–Crippen MR) is 145 cm³/mol. The molecule has 0 heterocycles. The minimum Gasteiger partial charge on any atom is -0.460 e. The van der Waals surface area contributed by atoms with E-state index in [1.54, 1.807) is 0 Å². The van der Waals surface area contributed by atoms with Crippen molar-refractivity contribution in [2.45, 2.75) is 76.7 Å². The predicted octanol–water partition coefficient (Wildman–Crippen LogP) is 6.77. The topological polar surface area (TPSA) is 78.9 Å². The molecule has 0 bridgehead atoms. The molecule has 0 unspecified atom stereocenters. The molecule has 0 spiro atoms. The lowest BCUT2D eigenvalue weighted by Crippen LogP contribution is -2.26. The molecule has 0 radical (unpaired) electrons. The summed E-state index contributed by atoms with van der Waals surface area (Å²) >= 11 is 0. The summed E-state index contributed by atoms with van der Waals surface area (Å²) in [6, 6.07) is 16.3. The highest BCUT2D eigenvalue weighted by atomic mass is 16.6. The van der Waals surface area contributed by atoms with Crippen molar-refractivity contribution < 1.29 is 28.6 Å². The summed E-state index contributed by atoms with van der Waals surface area (Å²) in [5.74, 6) is 0.551. The molecule has 2 saturated carbocycles. The van der Waals surface area contributed by atoms with Crippen LogP contribution in [0.4, 0.5) is 0 Å². The van der Waals surface area contributed by atoms with Gasteiger partial charge in [-0.2, -0.15) is 0 Å². The van der Waals surface area contributed by atoms with E-state index in [0.717, 1.165) is 74.5 Å². The van der Waals surface area contributed by atoms with Crippen molar-refractivity contribution in [1.29, 1.82) is 0 Å². The number of hydrogen-bond donors (Lipinski definition) is 0. The molecule has 6 heteroatoms. The number of carbonyl (C=O) groups excluding carboxylic acids is 3. The molecule has 0 N–H and O–H groups in total. The van der Waals surface area contributed by atoms with Crippen LogP contribution in [0.5, 0.6) is 5.75 Å². The molecule has 2 aliphatic carbocycles. The van der Waals surface area contributed by atoms with Crippen LogP contribution < -0.4 is 4.74 Å². The molecule has 0 atom stereocenters. The van der Waals surface area contributed by atoms with Gasteiger partial charge >= 0.3 is 17.9 Å². The zero-order chi connectivity index (χ0) is 26.9. The fraction of sp³-hybridized carbons (Fsp3) is 0.469. The lowest BCUT2D eigenvalue weighted by atomic mass is 9.81. The number of ether oxygens (including phenoxy) is 3. The summed E-state index contributed by atoms with van der Waals surface area (Å²) in [6.45, 7) is 5.15. The van der Waals surface area contributed by atoms with Gasteiger partial charge in [-0.15, -0.1) is 0 Å². The molecular weight excluding hydrogens is 480 g/mol. The highest BCUT2D eigenvalue weighted by Gasteiger charge is 2.27. The second-order valence-electron chi connectivity index (χ2n) is 10.5. The summed E-state index contributed by atoms with van der Waals surface area (Å²) in [4.78, 5) is 35.5. The van der Waals surface area contributed by atoms with E-state index in [1.807, 2.05) is 24.3 Å². The Morgan fingerprint density at radius 3 is 2.03 bits per heavy atom. The largest absolute Gasteiger partial charge is 0.460 e. The first-order valence-corrected chi connectivity index (χ1v) is 13.9. The van der Waals surface area contributed by atoms with Gasteiger partial charge in [-0.1, -0.05) is 56.3 Å². The molecule has 0 amide bonds. The maximum absolute atomic E-state index is 12.6. The first-order valence-electron chi connectivity index (χ1n) is 13.9. The Labute approximate surface area is 225 Å². The van der Waals surface area contributed by atoms with E-state index in [1.165, 1.54) is 12.0 Å². The number of carbonyl (C=O) groups is 3. The van der Waals surface area contributed by atoms with E-state index in [-0.39, 0.29) is 24.6 Å². The van der Waals surface area contributed by atoms with Crippen molar-refractivity contribution >= 4 is 17.9 Å². The fourth-order valence-electron chi connectivity index (χ4n) is 5.59. The summed E-state index contributed by atoms with van der Waals surface area (Å²) in [6.07, 6.45) is 9.62. The van der Waals surface area contributed by atoms with Gasteiger partial charge in [-0.3, -0.25) is 4.79 Å². The molecule has 2 fully saturated rings. The zero-order valence-corrected chi connectivity index (χ0v) is 22.2. The number of rotatable bonds is 9. The third kappa shape index (κ3) is 7.56. The minimum absolute atomic E-state index is 0.0224. The van der Waals surface area contributed by atoms with Crippen LogP contribution in [-0.4, -0.2) is 30.6 Å². The second kappa shape index (κ2) is 13.4. The smallest absolute Gasteiger partial charge is 0.344 e. The van der Waals surface area contributed by atoms with E-state index in [0.29, 0.717) is 11.7 Å². The van der Waals surface area contributed by atoms with Crippen LogP contribution in [-0.2, 0) is 23.9 Å². The molecule has 0 aliphatic heterocycles. The number of benzene rings is 2. The van der Waals surface area contributed by atoms with Crippen LogP contribution in [0.2, 0.25) is 0 Å². The van der Waals surface area contributed by atoms with Crippen LogP contribution in [0.25, 0.3) is 11.1 Å². The maximum atomic E-state index is 12.6. The maximum Gasteiger partial charge on any atom is 0.344 e. The molecule has 202 valence electrons. The van der Waals surface area contributed by atoms with Crippen molar-refractivity contribution in [3.63, 3.8) is 0 Å². The van der Waals surface area contributed by atoms with E-state index in [4.69, 9.17) is 14.2 Å². The van der Waals surface area contributed by atoms with Gasteiger partial charge < -0.3 is 14.2 Å². The van der Waals surface area contributed by atoms with Crippen molar-refractivity contribution in [1.82, 2.24) is 0 Å². The average Bonchev–Trinajstić information content (AvgIpc) is 2.97. The van der Waals surface area contributed by atoms with Gasteiger partial charge in [0.25, 0.3) is 0 Å². The van der Waals surface area contributed by atoms with Gasteiger partial charge in [0.2, 0.25) is 0 Å². The average molecular weight is 519 g/mol. The third-order valence-corrected chi connectivity index (χ3v) is 8.02. The van der Waals surface area contributed by atoms with Gasteiger partial charge in [0.1, 0.15) is 11.9 Å². The van der Waals surface area contributed by atoms with Crippen molar-refractivity contribution in [3.05, 3.63) is 66.7 Å². The normalized spacial score (nSPS) is 23.2. The van der Waals surface area contributed by atoms with Crippen molar-refractivity contribution in [2.75, 3.05) is 6.61 Å². The molecule has 4 rings (SSSR count). The lowest BCUT2D eigenvalue weighted by molar-refractivity contribution is -0.161. The van der Waals surface area contributed by atoms with Crippen molar-refractivity contribution in [2.24, 2.45) is 11.8 Å². The van der Waals surface area contributed by atoms with E-state index < -0.39 is 11.9 Å². The molecule has 0 saturated heterocycles. The van der Waals surface area contributed by atoms with Crippen LogP contribution >= 0.6 is 0 Å². The van der Waals surface area contributed by atoms with Crippen LogP contribution in [0.3, 0.4) is 0 Å². The molecule has 0 aromatic heterocycles. The monoisotopic (exact) mass is 518 g/mol. The van der Waals surface area contributed by atoms with E-state index in [2.05, 4.69) is 37.8 Å². The van der Waals surface area contributed by atoms with Crippen LogP contribution in [0, 0.1) is 11.8 Å². The first kappa shape index (κ1) is 27.6. The molecule has 2 aliphatic rings. The first-order chi connectivity index (χ1) is 18.4. The quantitative estimate of drug-likeness (QED) is 0.207. The third-order valence-electron chi connectivity index (χ3n) is 8.02. The molecule has 6 nitrogen and oxygen atoms in total. The summed E-state index contributed by atoms with van der Waals surface area (Å²) in [7, 11) is 0. The van der Waals surface area contributed by atoms with Gasteiger partial charge in [-0.05, 0) is 92.0 Å². The summed E-state index contributed by atoms with van der Waals surface area (Å²) < 4.78 is 15.9. The Morgan fingerprint density at radius 2 is 1.45 bits per heavy atom. The van der Waals surface area contributed by atoms with E-state index in [9.17, 15) is 14.4 Å². The van der Waals surface area contributed by atoms with Crippen molar-refractivity contribution in [3.8, 4) is 16.9 Å². The Balaban J connectivity index is 1.24. The fourth-order valence-corrected chi connectivity index (χ4v) is 5.59. The van der Waals surface area contributed by atoms with Crippen LogP contribution in [0.1, 0.15) is 76.2 Å². The Kier molecular flexibility index (Phi) is 9.74. The van der Waals surface area contributed by atoms with Gasteiger partial charge in [-0.25, -0.2) is 9.59 Å². The highest BCUT2D eigenvalue weighted by molar-refractivity contribution is 5.83. The molecular formula is C32H38O6.